The van der Waals surface area contributed by atoms with Crippen LogP contribution in [0.4, 0.5) is 5.13 Å². The average Bonchev–Trinajstić information content (AvgIpc) is 3.23. The Bertz CT molecular complexity index is 631. The highest BCUT2D eigenvalue weighted by molar-refractivity contribution is 8.00. The summed E-state index contributed by atoms with van der Waals surface area (Å²) in [4.78, 5) is 4.42. The van der Waals surface area contributed by atoms with Crippen LogP contribution in [0.1, 0.15) is 45.3 Å². The number of rotatable bonds is 6. The van der Waals surface area contributed by atoms with Gasteiger partial charge in [0.2, 0.25) is 11.0 Å². The zero-order valence-corrected chi connectivity index (χ0v) is 15.2. The SMILES string of the molecule is CC(C)(C)c1nc(CSc2nnc(NC[C@H]3CCCO3)s2)no1. The Labute approximate surface area is 143 Å². The van der Waals surface area contributed by atoms with Gasteiger partial charge < -0.3 is 14.6 Å². The van der Waals surface area contributed by atoms with E-state index in [1.165, 1.54) is 11.3 Å². The summed E-state index contributed by atoms with van der Waals surface area (Å²) in [6.07, 6.45) is 2.55. The lowest BCUT2D eigenvalue weighted by atomic mass is 9.97. The van der Waals surface area contributed by atoms with Gasteiger partial charge in [0.1, 0.15) is 0 Å². The van der Waals surface area contributed by atoms with Crippen molar-refractivity contribution in [2.45, 2.75) is 55.2 Å². The summed E-state index contributed by atoms with van der Waals surface area (Å²) in [7, 11) is 0. The molecule has 3 rings (SSSR count). The first-order valence-electron chi connectivity index (χ1n) is 7.65. The lowest BCUT2D eigenvalue weighted by molar-refractivity contribution is 0.120. The van der Waals surface area contributed by atoms with E-state index in [1.807, 2.05) is 20.8 Å². The zero-order valence-electron chi connectivity index (χ0n) is 13.5. The summed E-state index contributed by atoms with van der Waals surface area (Å²) >= 11 is 3.10. The number of anilines is 1. The molecule has 1 N–H and O–H groups in total. The molecule has 1 fully saturated rings. The Morgan fingerprint density at radius 1 is 1.35 bits per heavy atom. The van der Waals surface area contributed by atoms with Crippen molar-refractivity contribution in [3.63, 3.8) is 0 Å². The van der Waals surface area contributed by atoms with Gasteiger partial charge in [0.25, 0.3) is 0 Å². The molecule has 23 heavy (non-hydrogen) atoms. The minimum absolute atomic E-state index is 0.127. The minimum Gasteiger partial charge on any atom is -0.376 e. The average molecular weight is 355 g/mol. The molecule has 1 saturated heterocycles. The van der Waals surface area contributed by atoms with Gasteiger partial charge in [-0.2, -0.15) is 4.98 Å². The maximum atomic E-state index is 5.58. The van der Waals surface area contributed by atoms with Crippen molar-refractivity contribution in [1.29, 1.82) is 0 Å². The van der Waals surface area contributed by atoms with Crippen LogP contribution >= 0.6 is 23.1 Å². The summed E-state index contributed by atoms with van der Waals surface area (Å²) in [5.74, 6) is 1.97. The Balaban J connectivity index is 1.48. The number of hydrogen-bond donors (Lipinski definition) is 1. The predicted molar refractivity (Wildman–Crippen MR) is 89.9 cm³/mol. The zero-order chi connectivity index (χ0) is 16.3. The summed E-state index contributed by atoms with van der Waals surface area (Å²) in [6.45, 7) is 7.81. The number of aromatic nitrogens is 4. The molecule has 7 nitrogen and oxygen atoms in total. The Morgan fingerprint density at radius 2 is 2.22 bits per heavy atom. The number of ether oxygens (including phenoxy) is 1. The van der Waals surface area contributed by atoms with Gasteiger partial charge in [-0.3, -0.25) is 0 Å². The van der Waals surface area contributed by atoms with Crippen molar-refractivity contribution in [2.75, 3.05) is 18.5 Å². The third-order valence-corrected chi connectivity index (χ3v) is 5.36. The molecule has 0 amide bonds. The molecule has 0 aromatic carbocycles. The first kappa shape index (κ1) is 16.7. The van der Waals surface area contributed by atoms with Gasteiger partial charge in [-0.1, -0.05) is 49.0 Å². The van der Waals surface area contributed by atoms with Crippen molar-refractivity contribution >= 4 is 28.2 Å². The minimum atomic E-state index is -0.127. The molecule has 0 spiro atoms. The topological polar surface area (TPSA) is 86.0 Å². The van der Waals surface area contributed by atoms with Crippen LogP contribution in [-0.4, -0.2) is 39.6 Å². The molecule has 0 bridgehead atoms. The predicted octanol–water partition coefficient (Wildman–Crippen LogP) is 3.10. The first-order chi connectivity index (χ1) is 11.0. The van der Waals surface area contributed by atoms with E-state index in [2.05, 4.69) is 25.7 Å². The molecule has 0 aliphatic carbocycles. The molecule has 1 atom stereocenters. The first-order valence-corrected chi connectivity index (χ1v) is 9.46. The fourth-order valence-corrected chi connectivity index (χ4v) is 3.69. The smallest absolute Gasteiger partial charge is 0.232 e. The lowest BCUT2D eigenvalue weighted by Gasteiger charge is -2.10. The summed E-state index contributed by atoms with van der Waals surface area (Å²) in [5, 5.41) is 16.4. The molecule has 2 aromatic heterocycles. The molecule has 1 aliphatic heterocycles. The quantitative estimate of drug-likeness (QED) is 0.791. The fourth-order valence-electron chi connectivity index (χ4n) is 2.09. The molecule has 3 heterocycles. The highest BCUT2D eigenvalue weighted by Crippen LogP contribution is 2.28. The number of nitrogens with one attached hydrogen (secondary N) is 1. The molecule has 2 aromatic rings. The van der Waals surface area contributed by atoms with Crippen LogP contribution < -0.4 is 5.32 Å². The summed E-state index contributed by atoms with van der Waals surface area (Å²) in [5.41, 5.74) is -0.127. The maximum Gasteiger partial charge on any atom is 0.232 e. The Kier molecular flexibility index (Phi) is 5.17. The van der Waals surface area contributed by atoms with E-state index in [9.17, 15) is 0 Å². The Hall–Kier alpha value is -1.19. The third-order valence-electron chi connectivity index (χ3n) is 3.35. The van der Waals surface area contributed by atoms with Gasteiger partial charge in [0.15, 0.2) is 10.2 Å². The molecular weight excluding hydrogens is 334 g/mol. The van der Waals surface area contributed by atoms with E-state index in [0.29, 0.717) is 23.6 Å². The monoisotopic (exact) mass is 355 g/mol. The number of thioether (sulfide) groups is 1. The highest BCUT2D eigenvalue weighted by atomic mass is 32.2. The number of hydrogen-bond acceptors (Lipinski definition) is 9. The van der Waals surface area contributed by atoms with Crippen LogP contribution in [0, 0.1) is 0 Å². The van der Waals surface area contributed by atoms with Gasteiger partial charge in [-0.05, 0) is 12.8 Å². The molecule has 0 unspecified atom stereocenters. The van der Waals surface area contributed by atoms with Gasteiger partial charge in [0, 0.05) is 18.6 Å². The van der Waals surface area contributed by atoms with Crippen LogP contribution in [0.3, 0.4) is 0 Å². The van der Waals surface area contributed by atoms with Crippen molar-refractivity contribution in [1.82, 2.24) is 20.3 Å². The van der Waals surface area contributed by atoms with E-state index < -0.39 is 0 Å². The second kappa shape index (κ2) is 7.14. The van der Waals surface area contributed by atoms with Crippen molar-refractivity contribution < 1.29 is 9.26 Å². The largest absolute Gasteiger partial charge is 0.376 e. The molecule has 1 aliphatic rings. The van der Waals surface area contributed by atoms with Crippen molar-refractivity contribution in [2.24, 2.45) is 0 Å². The second-order valence-corrected chi connectivity index (χ2v) is 8.64. The Morgan fingerprint density at radius 3 is 2.91 bits per heavy atom. The molecule has 0 saturated carbocycles. The van der Waals surface area contributed by atoms with Crippen molar-refractivity contribution in [3.05, 3.63) is 11.7 Å². The van der Waals surface area contributed by atoms with Crippen molar-refractivity contribution in [3.8, 4) is 0 Å². The van der Waals surface area contributed by atoms with E-state index in [1.54, 1.807) is 11.8 Å². The van der Waals surface area contributed by atoms with E-state index in [4.69, 9.17) is 9.26 Å². The van der Waals surface area contributed by atoms with Crippen LogP contribution in [0.25, 0.3) is 0 Å². The molecular formula is C14H21N5O2S2. The van der Waals surface area contributed by atoms with Gasteiger partial charge >= 0.3 is 0 Å². The number of nitrogens with zero attached hydrogens (tertiary/aromatic N) is 4. The van der Waals surface area contributed by atoms with Crippen LogP contribution in [-0.2, 0) is 15.9 Å². The molecule has 0 radical (unpaired) electrons. The van der Waals surface area contributed by atoms with Crippen LogP contribution in [0.15, 0.2) is 8.86 Å². The van der Waals surface area contributed by atoms with Gasteiger partial charge in [-0.15, -0.1) is 10.2 Å². The summed E-state index contributed by atoms with van der Waals surface area (Å²) in [6, 6.07) is 0. The highest BCUT2D eigenvalue weighted by Gasteiger charge is 2.22. The fraction of sp³-hybridized carbons (Fsp3) is 0.714. The molecule has 126 valence electrons. The van der Waals surface area contributed by atoms with Crippen LogP contribution in [0.2, 0.25) is 0 Å². The van der Waals surface area contributed by atoms with Crippen LogP contribution in [0.5, 0.6) is 0 Å². The second-order valence-electron chi connectivity index (χ2n) is 6.44. The van der Waals surface area contributed by atoms with Gasteiger partial charge in [0.05, 0.1) is 11.9 Å². The van der Waals surface area contributed by atoms with E-state index in [-0.39, 0.29) is 5.41 Å². The van der Waals surface area contributed by atoms with Gasteiger partial charge in [-0.25, -0.2) is 0 Å². The maximum absolute atomic E-state index is 5.58. The normalized spacial score (nSPS) is 18.5. The summed E-state index contributed by atoms with van der Waals surface area (Å²) < 4.78 is 11.8. The molecule has 9 heteroatoms. The van der Waals surface area contributed by atoms with E-state index >= 15 is 0 Å². The lowest BCUT2D eigenvalue weighted by Crippen LogP contribution is -2.18. The third kappa shape index (κ3) is 4.65. The standard InChI is InChI=1S/C14H21N5O2S2/c1-14(2,3)11-16-10(19-21-11)8-22-13-18-17-12(23-13)15-7-9-5-4-6-20-9/h9H,4-8H2,1-3H3,(H,15,17)/t9-/m1/s1. The van der Waals surface area contributed by atoms with E-state index in [0.717, 1.165) is 35.5 Å².